The Morgan fingerprint density at radius 2 is 1.54 bits per heavy atom. The Morgan fingerprint density at radius 3 is 2.08 bits per heavy atom. The van der Waals surface area contributed by atoms with Gasteiger partial charge in [-0.15, -0.1) is 0 Å². The first kappa shape index (κ1) is 19.4. The number of halogens is 1. The second kappa shape index (κ2) is 8.96. The van der Waals surface area contributed by atoms with Crippen LogP contribution in [0.15, 0.2) is 42.5 Å². The van der Waals surface area contributed by atoms with Crippen LogP contribution in [0.3, 0.4) is 0 Å². The van der Waals surface area contributed by atoms with E-state index >= 15 is 0 Å². The van der Waals surface area contributed by atoms with Gasteiger partial charge in [0.05, 0.1) is 14.2 Å². The number of carbonyl (C=O) groups is 2. The van der Waals surface area contributed by atoms with Crippen LogP contribution in [0.5, 0.6) is 5.75 Å². The lowest BCUT2D eigenvalue weighted by atomic mass is 10.2. The van der Waals surface area contributed by atoms with Crippen molar-refractivity contribution in [3.8, 4) is 5.75 Å². The van der Waals surface area contributed by atoms with Gasteiger partial charge in [0.1, 0.15) is 11.6 Å². The third kappa shape index (κ3) is 5.86. The molecule has 0 aliphatic heterocycles. The molecule has 0 spiro atoms. The maximum absolute atomic E-state index is 13.5. The van der Waals surface area contributed by atoms with Crippen molar-refractivity contribution < 1.29 is 23.6 Å². The van der Waals surface area contributed by atoms with Crippen LogP contribution in [0.1, 0.15) is 5.56 Å². The van der Waals surface area contributed by atoms with Gasteiger partial charge in [0.2, 0.25) is 0 Å². The van der Waals surface area contributed by atoms with Gasteiger partial charge in [-0.1, -0.05) is 6.07 Å². The fourth-order valence-electron chi connectivity index (χ4n) is 2.37. The SMILES string of the molecule is COc1ccc(NC(=O)C[NH+](C)CC(=O)Nc2ccc(C)c(F)c2)cc1. The molecule has 0 aliphatic carbocycles. The summed E-state index contributed by atoms with van der Waals surface area (Å²) in [6.45, 7) is 1.87. The zero-order chi connectivity index (χ0) is 19.1. The Kier molecular flexibility index (Phi) is 6.68. The van der Waals surface area contributed by atoms with Gasteiger partial charge >= 0.3 is 0 Å². The fourth-order valence-corrected chi connectivity index (χ4v) is 2.37. The number of nitrogens with one attached hydrogen (secondary N) is 3. The Bertz CT molecular complexity index is 778. The number of aryl methyl sites for hydroxylation is 1. The van der Waals surface area contributed by atoms with Crippen LogP contribution in [0, 0.1) is 12.7 Å². The zero-order valence-electron chi connectivity index (χ0n) is 15.1. The number of hydrogen-bond donors (Lipinski definition) is 3. The molecule has 138 valence electrons. The lowest BCUT2D eigenvalue weighted by Gasteiger charge is -2.14. The van der Waals surface area contributed by atoms with Crippen LogP contribution in [0.2, 0.25) is 0 Å². The molecule has 1 unspecified atom stereocenters. The minimum atomic E-state index is -0.373. The van der Waals surface area contributed by atoms with E-state index in [1.54, 1.807) is 57.5 Å². The van der Waals surface area contributed by atoms with E-state index in [-0.39, 0.29) is 30.7 Å². The predicted molar refractivity (Wildman–Crippen MR) is 98.0 cm³/mol. The third-order valence-corrected chi connectivity index (χ3v) is 3.75. The van der Waals surface area contributed by atoms with Gasteiger partial charge in [0.15, 0.2) is 13.1 Å². The van der Waals surface area contributed by atoms with Crippen LogP contribution >= 0.6 is 0 Å². The first-order valence-corrected chi connectivity index (χ1v) is 8.18. The summed E-state index contributed by atoms with van der Waals surface area (Å²) in [7, 11) is 3.31. The first-order chi connectivity index (χ1) is 12.4. The molecule has 0 radical (unpaired) electrons. The summed E-state index contributed by atoms with van der Waals surface area (Å²) < 4.78 is 18.6. The second-order valence-electron chi connectivity index (χ2n) is 6.10. The molecule has 2 rings (SSSR count). The van der Waals surface area contributed by atoms with Gasteiger partial charge in [-0.2, -0.15) is 0 Å². The molecule has 0 heterocycles. The van der Waals surface area contributed by atoms with Crippen LogP contribution in [0.4, 0.5) is 15.8 Å². The zero-order valence-corrected chi connectivity index (χ0v) is 15.1. The molecule has 0 aliphatic rings. The van der Waals surface area contributed by atoms with E-state index in [4.69, 9.17) is 4.74 Å². The van der Waals surface area contributed by atoms with E-state index in [2.05, 4.69) is 10.6 Å². The maximum Gasteiger partial charge on any atom is 0.279 e. The second-order valence-corrected chi connectivity index (χ2v) is 6.10. The van der Waals surface area contributed by atoms with Gasteiger partial charge in [0.25, 0.3) is 11.8 Å². The highest BCUT2D eigenvalue weighted by molar-refractivity contribution is 5.93. The van der Waals surface area contributed by atoms with E-state index in [0.29, 0.717) is 27.6 Å². The molecular weight excluding hydrogens is 337 g/mol. The Morgan fingerprint density at radius 1 is 1.00 bits per heavy atom. The number of hydrogen-bond acceptors (Lipinski definition) is 3. The number of benzene rings is 2. The quantitative estimate of drug-likeness (QED) is 0.696. The number of methoxy groups -OCH3 is 1. The summed E-state index contributed by atoms with van der Waals surface area (Å²) in [5, 5.41) is 5.40. The summed E-state index contributed by atoms with van der Waals surface area (Å²) in [5.41, 5.74) is 1.57. The standard InChI is InChI=1S/C19H22FN3O3/c1-13-4-5-15(10-17(13)20)22-19(25)12-23(2)11-18(24)21-14-6-8-16(26-3)9-7-14/h4-10H,11-12H2,1-3H3,(H,21,24)(H,22,25)/p+1. The van der Waals surface area contributed by atoms with Gasteiger partial charge in [0, 0.05) is 11.4 Å². The number of likely N-dealkylation sites (N-methyl/N-ethyl adjacent to an activating group) is 1. The van der Waals surface area contributed by atoms with Gasteiger partial charge < -0.3 is 20.3 Å². The van der Waals surface area contributed by atoms with Crippen molar-refractivity contribution in [2.45, 2.75) is 6.92 Å². The van der Waals surface area contributed by atoms with E-state index < -0.39 is 0 Å². The molecule has 26 heavy (non-hydrogen) atoms. The highest BCUT2D eigenvalue weighted by Crippen LogP contribution is 2.15. The largest absolute Gasteiger partial charge is 0.497 e. The van der Waals surface area contributed by atoms with Gasteiger partial charge in [-0.25, -0.2) is 4.39 Å². The highest BCUT2D eigenvalue weighted by Gasteiger charge is 2.15. The van der Waals surface area contributed by atoms with E-state index in [0.717, 1.165) is 0 Å². The summed E-state index contributed by atoms with van der Waals surface area (Å²) >= 11 is 0. The molecule has 0 saturated heterocycles. The third-order valence-electron chi connectivity index (χ3n) is 3.75. The molecule has 0 saturated carbocycles. The number of amides is 2. The monoisotopic (exact) mass is 360 g/mol. The smallest absolute Gasteiger partial charge is 0.279 e. The Balaban J connectivity index is 1.80. The van der Waals surface area contributed by atoms with E-state index in [1.165, 1.54) is 6.07 Å². The molecule has 3 N–H and O–H groups in total. The van der Waals surface area contributed by atoms with Crippen molar-refractivity contribution in [1.29, 1.82) is 0 Å². The minimum Gasteiger partial charge on any atom is -0.497 e. The number of ether oxygens (including phenoxy) is 1. The van der Waals surface area contributed by atoms with Crippen molar-refractivity contribution in [3.05, 3.63) is 53.8 Å². The maximum atomic E-state index is 13.5. The fraction of sp³-hybridized carbons (Fsp3) is 0.263. The van der Waals surface area contributed by atoms with Crippen LogP contribution in [0.25, 0.3) is 0 Å². The number of carbonyl (C=O) groups excluding carboxylic acids is 2. The Hall–Kier alpha value is -2.93. The minimum absolute atomic E-state index is 0.0888. The lowest BCUT2D eigenvalue weighted by molar-refractivity contribution is -0.862. The lowest BCUT2D eigenvalue weighted by Crippen LogP contribution is -3.11. The van der Waals surface area contributed by atoms with Crippen molar-refractivity contribution >= 4 is 23.2 Å². The van der Waals surface area contributed by atoms with E-state index in [9.17, 15) is 14.0 Å². The number of quaternary nitrogens is 1. The molecule has 0 fully saturated rings. The summed E-state index contributed by atoms with van der Waals surface area (Å²) in [6, 6.07) is 11.5. The number of anilines is 2. The average molecular weight is 360 g/mol. The Labute approximate surface area is 152 Å². The topological polar surface area (TPSA) is 71.9 Å². The molecule has 6 nitrogen and oxygen atoms in total. The summed E-state index contributed by atoms with van der Waals surface area (Å²) in [4.78, 5) is 24.8. The molecule has 0 bridgehead atoms. The van der Waals surface area contributed by atoms with Crippen LogP contribution < -0.4 is 20.3 Å². The highest BCUT2D eigenvalue weighted by atomic mass is 19.1. The molecule has 0 aromatic heterocycles. The molecular formula is C19H23FN3O3+. The molecule has 2 aromatic carbocycles. The van der Waals surface area contributed by atoms with Crippen molar-refractivity contribution in [1.82, 2.24) is 0 Å². The van der Waals surface area contributed by atoms with Crippen molar-refractivity contribution in [2.75, 3.05) is 37.9 Å². The molecule has 2 aromatic rings. The van der Waals surface area contributed by atoms with Crippen molar-refractivity contribution in [2.24, 2.45) is 0 Å². The van der Waals surface area contributed by atoms with Crippen molar-refractivity contribution in [3.63, 3.8) is 0 Å². The van der Waals surface area contributed by atoms with Gasteiger partial charge in [-0.05, 0) is 48.9 Å². The predicted octanol–water partition coefficient (Wildman–Crippen LogP) is 1.23. The number of rotatable bonds is 7. The van der Waals surface area contributed by atoms with E-state index in [1.807, 2.05) is 0 Å². The van der Waals surface area contributed by atoms with Gasteiger partial charge in [-0.3, -0.25) is 9.59 Å². The summed E-state index contributed by atoms with van der Waals surface area (Å²) in [5.74, 6) is -0.165. The molecule has 7 heteroatoms. The average Bonchev–Trinajstić information content (AvgIpc) is 2.58. The first-order valence-electron chi connectivity index (χ1n) is 8.18. The van der Waals surface area contributed by atoms with Crippen LogP contribution in [-0.4, -0.2) is 39.1 Å². The molecule has 1 atom stereocenters. The summed E-state index contributed by atoms with van der Waals surface area (Å²) in [6.07, 6.45) is 0. The van der Waals surface area contributed by atoms with Crippen LogP contribution in [-0.2, 0) is 9.59 Å². The molecule has 2 amide bonds. The normalized spacial score (nSPS) is 11.5.